The lowest BCUT2D eigenvalue weighted by Gasteiger charge is -2.13. The summed E-state index contributed by atoms with van der Waals surface area (Å²) in [4.78, 5) is 6.35. The highest BCUT2D eigenvalue weighted by molar-refractivity contribution is 6.36. The molecule has 0 amide bonds. The van der Waals surface area contributed by atoms with Crippen molar-refractivity contribution in [1.29, 1.82) is 0 Å². The summed E-state index contributed by atoms with van der Waals surface area (Å²) in [5, 5.41) is 3.16. The van der Waals surface area contributed by atoms with Crippen LogP contribution in [0.15, 0.2) is 36.5 Å². The molecule has 128 valence electrons. The first-order valence-electron chi connectivity index (χ1n) is 8.16. The van der Waals surface area contributed by atoms with Gasteiger partial charge in [0.1, 0.15) is 5.82 Å². The lowest BCUT2D eigenvalue weighted by atomic mass is 9.94. The molecule has 0 radical (unpaired) electrons. The molecule has 0 fully saturated rings. The van der Waals surface area contributed by atoms with E-state index < -0.39 is 0 Å². The summed E-state index contributed by atoms with van der Waals surface area (Å²) < 4.78 is 14.5. The minimum absolute atomic E-state index is 0.0398. The van der Waals surface area contributed by atoms with Gasteiger partial charge in [-0.15, -0.1) is 0 Å². The Morgan fingerprint density at radius 3 is 2.68 bits per heavy atom. The Labute approximate surface area is 155 Å². The van der Waals surface area contributed by atoms with Crippen molar-refractivity contribution in [2.24, 2.45) is 0 Å². The predicted molar refractivity (Wildman–Crippen MR) is 103 cm³/mol. The topological polar surface area (TPSA) is 31.6 Å². The van der Waals surface area contributed by atoms with Crippen molar-refractivity contribution in [2.45, 2.75) is 26.2 Å². The van der Waals surface area contributed by atoms with E-state index in [0.717, 1.165) is 27.5 Å². The smallest absolute Gasteiger partial charge is 0.128 e. The second-order valence-electron chi connectivity index (χ2n) is 6.63. The van der Waals surface area contributed by atoms with Gasteiger partial charge >= 0.3 is 0 Å². The van der Waals surface area contributed by atoms with Crippen molar-refractivity contribution in [1.82, 2.24) is 9.97 Å². The van der Waals surface area contributed by atoms with Crippen LogP contribution in [0, 0.1) is 12.7 Å². The Balaban J connectivity index is 1.72. The molecule has 0 spiro atoms. The molecule has 0 aliphatic carbocycles. The number of fused-ring (bicyclic) bond motifs is 2. The number of H-pyrrole nitrogens is 2. The molecule has 2 aromatic carbocycles. The van der Waals surface area contributed by atoms with Gasteiger partial charge in [-0.25, -0.2) is 4.39 Å². The Bertz CT molecular complexity index is 1090. The average molecular weight is 375 g/mol. The summed E-state index contributed by atoms with van der Waals surface area (Å²) in [6.45, 7) is 4.04. The van der Waals surface area contributed by atoms with Gasteiger partial charge in [-0.3, -0.25) is 0 Å². The number of rotatable bonds is 3. The Morgan fingerprint density at radius 2 is 1.88 bits per heavy atom. The van der Waals surface area contributed by atoms with E-state index in [-0.39, 0.29) is 11.7 Å². The van der Waals surface area contributed by atoms with Gasteiger partial charge in [-0.1, -0.05) is 41.8 Å². The van der Waals surface area contributed by atoms with Gasteiger partial charge < -0.3 is 9.97 Å². The van der Waals surface area contributed by atoms with Crippen LogP contribution in [-0.4, -0.2) is 9.97 Å². The minimum atomic E-state index is -0.235. The zero-order valence-corrected chi connectivity index (χ0v) is 15.4. The summed E-state index contributed by atoms with van der Waals surface area (Å²) in [6.07, 6.45) is 2.30. The van der Waals surface area contributed by atoms with Gasteiger partial charge in [0, 0.05) is 33.7 Å². The van der Waals surface area contributed by atoms with E-state index in [1.54, 1.807) is 6.20 Å². The number of hydrogen-bond acceptors (Lipinski definition) is 0. The highest BCUT2D eigenvalue weighted by Crippen LogP contribution is 2.34. The predicted octanol–water partition coefficient (Wildman–Crippen LogP) is 6.75. The first kappa shape index (κ1) is 16.5. The summed E-state index contributed by atoms with van der Waals surface area (Å²) in [5.74, 6) is -0.274. The van der Waals surface area contributed by atoms with Crippen molar-refractivity contribution in [2.75, 3.05) is 0 Å². The number of aromatic amines is 2. The molecule has 0 saturated heterocycles. The first-order chi connectivity index (χ1) is 11.9. The summed E-state index contributed by atoms with van der Waals surface area (Å²) in [5.41, 5.74) is 4.43. The maximum atomic E-state index is 14.5. The molecule has 0 aliphatic rings. The SMILES string of the molecule is Cc1ccc2[nH]c(CC(C)c3cc4c(Cl)c[nH]c4cc3F)c(Cl)c2c1. The van der Waals surface area contributed by atoms with Crippen LogP contribution in [0.2, 0.25) is 10.0 Å². The maximum Gasteiger partial charge on any atom is 0.128 e. The summed E-state index contributed by atoms with van der Waals surface area (Å²) in [7, 11) is 0. The normalized spacial score (nSPS) is 13.0. The van der Waals surface area contributed by atoms with Crippen molar-refractivity contribution in [3.8, 4) is 0 Å². The van der Waals surface area contributed by atoms with Gasteiger partial charge in [-0.2, -0.15) is 0 Å². The molecule has 2 N–H and O–H groups in total. The standard InChI is InChI=1S/C20H17Cl2FN2/c1-10-3-4-17-14(5-10)20(22)19(25-17)6-11(2)12-7-13-15(21)9-24-18(13)8-16(12)23/h3-5,7-9,11,24-25H,6H2,1-2H3. The van der Waals surface area contributed by atoms with Crippen LogP contribution in [-0.2, 0) is 6.42 Å². The summed E-state index contributed by atoms with van der Waals surface area (Å²) >= 11 is 12.7. The quantitative estimate of drug-likeness (QED) is 0.397. The van der Waals surface area contributed by atoms with Crippen molar-refractivity contribution in [3.63, 3.8) is 0 Å². The minimum Gasteiger partial charge on any atom is -0.360 e. The number of halogens is 3. The lowest BCUT2D eigenvalue weighted by Crippen LogP contribution is -2.02. The van der Waals surface area contributed by atoms with E-state index in [1.807, 2.05) is 32.0 Å². The first-order valence-corrected chi connectivity index (χ1v) is 8.92. The Kier molecular flexibility index (Phi) is 4.01. The molecule has 2 heterocycles. The highest BCUT2D eigenvalue weighted by atomic mass is 35.5. The van der Waals surface area contributed by atoms with E-state index in [1.165, 1.54) is 6.07 Å². The molecular weight excluding hydrogens is 358 g/mol. The number of benzene rings is 2. The van der Waals surface area contributed by atoms with Gasteiger partial charge in [0.15, 0.2) is 0 Å². The molecule has 1 atom stereocenters. The van der Waals surface area contributed by atoms with Crippen LogP contribution in [0.5, 0.6) is 0 Å². The zero-order valence-electron chi connectivity index (χ0n) is 13.9. The van der Waals surface area contributed by atoms with E-state index in [2.05, 4.69) is 16.0 Å². The van der Waals surface area contributed by atoms with Crippen LogP contribution in [0.1, 0.15) is 29.7 Å². The van der Waals surface area contributed by atoms with E-state index in [9.17, 15) is 4.39 Å². The fourth-order valence-electron chi connectivity index (χ4n) is 3.39. The molecule has 0 bridgehead atoms. The molecule has 0 aliphatic heterocycles. The van der Waals surface area contributed by atoms with Crippen molar-refractivity contribution >= 4 is 45.0 Å². The second kappa shape index (κ2) is 6.08. The number of aromatic nitrogens is 2. The zero-order chi connectivity index (χ0) is 17.7. The number of hydrogen-bond donors (Lipinski definition) is 2. The third kappa shape index (κ3) is 2.82. The largest absolute Gasteiger partial charge is 0.360 e. The average Bonchev–Trinajstić information content (AvgIpc) is 3.08. The third-order valence-corrected chi connectivity index (χ3v) is 5.50. The van der Waals surface area contributed by atoms with Crippen LogP contribution in [0.3, 0.4) is 0 Å². The molecule has 0 saturated carbocycles. The van der Waals surface area contributed by atoms with Gasteiger partial charge in [-0.05, 0) is 49.1 Å². The molecule has 5 heteroatoms. The monoisotopic (exact) mass is 374 g/mol. The van der Waals surface area contributed by atoms with Crippen LogP contribution < -0.4 is 0 Å². The van der Waals surface area contributed by atoms with Crippen molar-refractivity contribution < 1.29 is 4.39 Å². The van der Waals surface area contributed by atoms with Crippen LogP contribution >= 0.6 is 23.2 Å². The molecule has 4 rings (SSSR count). The van der Waals surface area contributed by atoms with Gasteiger partial charge in [0.2, 0.25) is 0 Å². The lowest BCUT2D eigenvalue weighted by molar-refractivity contribution is 0.588. The fraction of sp³-hybridized carbons (Fsp3) is 0.200. The molecule has 2 aromatic heterocycles. The van der Waals surface area contributed by atoms with E-state index >= 15 is 0 Å². The molecular formula is C20H17Cl2FN2. The molecule has 25 heavy (non-hydrogen) atoms. The third-order valence-electron chi connectivity index (χ3n) is 4.75. The van der Waals surface area contributed by atoms with Crippen LogP contribution in [0.4, 0.5) is 4.39 Å². The van der Waals surface area contributed by atoms with Gasteiger partial charge in [0.25, 0.3) is 0 Å². The molecule has 2 nitrogen and oxygen atoms in total. The number of nitrogens with one attached hydrogen (secondary N) is 2. The molecule has 4 aromatic rings. The number of aryl methyl sites for hydroxylation is 1. The van der Waals surface area contributed by atoms with Gasteiger partial charge in [0.05, 0.1) is 10.0 Å². The van der Waals surface area contributed by atoms with E-state index in [4.69, 9.17) is 23.2 Å². The Hall–Kier alpha value is -1.97. The maximum absolute atomic E-state index is 14.5. The van der Waals surface area contributed by atoms with Crippen LogP contribution in [0.25, 0.3) is 21.8 Å². The summed E-state index contributed by atoms with van der Waals surface area (Å²) in [6, 6.07) is 9.47. The highest BCUT2D eigenvalue weighted by Gasteiger charge is 2.18. The molecule has 1 unspecified atom stereocenters. The van der Waals surface area contributed by atoms with E-state index in [0.29, 0.717) is 27.5 Å². The van der Waals surface area contributed by atoms with Crippen molar-refractivity contribution in [3.05, 3.63) is 69.2 Å². The second-order valence-corrected chi connectivity index (χ2v) is 7.41. The fourth-order valence-corrected chi connectivity index (χ4v) is 3.88. The Morgan fingerprint density at radius 1 is 1.08 bits per heavy atom.